The van der Waals surface area contributed by atoms with Gasteiger partial charge in [-0.2, -0.15) is 0 Å². The molecule has 0 aliphatic heterocycles. The molecule has 4 nitrogen and oxygen atoms in total. The van der Waals surface area contributed by atoms with Crippen molar-refractivity contribution in [2.75, 3.05) is 0 Å². The summed E-state index contributed by atoms with van der Waals surface area (Å²) >= 11 is 0. The summed E-state index contributed by atoms with van der Waals surface area (Å²) in [5, 5.41) is 16.6. The Morgan fingerprint density at radius 3 is 2.29 bits per heavy atom. The van der Waals surface area contributed by atoms with E-state index in [9.17, 15) is 0 Å². The van der Waals surface area contributed by atoms with Gasteiger partial charge < -0.3 is 5.11 Å². The van der Waals surface area contributed by atoms with Crippen molar-refractivity contribution in [3.8, 4) is 0 Å². The van der Waals surface area contributed by atoms with Crippen molar-refractivity contribution in [1.29, 1.82) is 0 Å². The van der Waals surface area contributed by atoms with E-state index in [-0.39, 0.29) is 6.61 Å². The molecule has 4 heteroatoms. The largest absolute Gasteiger partial charge is 0.390 e. The van der Waals surface area contributed by atoms with E-state index in [1.165, 1.54) is 44.9 Å². The Bertz CT molecular complexity index is 286. The zero-order valence-corrected chi connectivity index (χ0v) is 10.9. The van der Waals surface area contributed by atoms with Crippen molar-refractivity contribution in [3.63, 3.8) is 0 Å². The molecule has 0 aromatic carbocycles. The molecule has 0 bridgehead atoms. The molecule has 0 atom stereocenters. The molecule has 1 rings (SSSR count). The van der Waals surface area contributed by atoms with Gasteiger partial charge in [-0.25, -0.2) is 0 Å². The van der Waals surface area contributed by atoms with Gasteiger partial charge in [-0.1, -0.05) is 57.1 Å². The van der Waals surface area contributed by atoms with Crippen molar-refractivity contribution in [2.24, 2.45) is 0 Å². The van der Waals surface area contributed by atoms with Gasteiger partial charge in [-0.15, -0.1) is 5.10 Å². The smallest absolute Gasteiger partial charge is 0.108 e. The summed E-state index contributed by atoms with van der Waals surface area (Å²) < 4.78 is 1.82. The first-order valence-electron chi connectivity index (χ1n) is 6.86. The second-order valence-corrected chi connectivity index (χ2v) is 4.61. The molecule has 98 valence electrons. The van der Waals surface area contributed by atoms with Gasteiger partial charge in [0.2, 0.25) is 0 Å². The van der Waals surface area contributed by atoms with Crippen LogP contribution in [0.5, 0.6) is 0 Å². The second kappa shape index (κ2) is 9.16. The summed E-state index contributed by atoms with van der Waals surface area (Å²) in [6.45, 7) is 3.15. The lowest BCUT2D eigenvalue weighted by Gasteiger charge is -2.01. The highest BCUT2D eigenvalue weighted by Crippen LogP contribution is 2.08. The molecule has 17 heavy (non-hydrogen) atoms. The Morgan fingerprint density at radius 1 is 1.06 bits per heavy atom. The molecule has 0 unspecified atom stereocenters. The SMILES string of the molecule is CCCCCCCCCCn1cc(CO)nn1. The van der Waals surface area contributed by atoms with Crippen molar-refractivity contribution in [2.45, 2.75) is 71.4 Å². The summed E-state index contributed by atoms with van der Waals surface area (Å²) in [4.78, 5) is 0. The maximum Gasteiger partial charge on any atom is 0.108 e. The first-order valence-corrected chi connectivity index (χ1v) is 6.86. The number of unbranched alkanes of at least 4 members (excludes halogenated alkanes) is 7. The third-order valence-electron chi connectivity index (χ3n) is 2.99. The van der Waals surface area contributed by atoms with E-state index in [0.29, 0.717) is 5.69 Å². The Hall–Kier alpha value is -0.900. The first-order chi connectivity index (χ1) is 8.36. The van der Waals surface area contributed by atoms with E-state index in [1.54, 1.807) is 0 Å². The highest BCUT2D eigenvalue weighted by molar-refractivity contribution is 4.88. The molecule has 0 saturated heterocycles. The minimum atomic E-state index is -0.0164. The monoisotopic (exact) mass is 239 g/mol. The average molecular weight is 239 g/mol. The third kappa shape index (κ3) is 6.41. The molecule has 1 N–H and O–H groups in total. The minimum absolute atomic E-state index is 0.0164. The average Bonchev–Trinajstić information content (AvgIpc) is 2.80. The number of nitrogens with zero attached hydrogens (tertiary/aromatic N) is 3. The molecular formula is C13H25N3O. The number of hydrogen-bond acceptors (Lipinski definition) is 3. The summed E-state index contributed by atoms with van der Waals surface area (Å²) in [6, 6.07) is 0. The predicted molar refractivity (Wildman–Crippen MR) is 68.6 cm³/mol. The summed E-state index contributed by atoms with van der Waals surface area (Å²) in [5.41, 5.74) is 0.657. The normalized spacial score (nSPS) is 10.9. The summed E-state index contributed by atoms with van der Waals surface area (Å²) in [7, 11) is 0. The highest BCUT2D eigenvalue weighted by atomic mass is 16.3. The zero-order valence-electron chi connectivity index (χ0n) is 10.9. The Labute approximate surface area is 104 Å². The van der Waals surface area contributed by atoms with E-state index >= 15 is 0 Å². The number of aryl methyl sites for hydroxylation is 1. The van der Waals surface area contributed by atoms with Gasteiger partial charge >= 0.3 is 0 Å². The molecular weight excluding hydrogens is 214 g/mol. The quantitative estimate of drug-likeness (QED) is 0.639. The van der Waals surface area contributed by atoms with Gasteiger partial charge in [0, 0.05) is 6.54 Å². The molecule has 0 saturated carbocycles. The van der Waals surface area contributed by atoms with E-state index < -0.39 is 0 Å². The number of aromatic nitrogens is 3. The lowest BCUT2D eigenvalue weighted by Crippen LogP contribution is -1.98. The minimum Gasteiger partial charge on any atom is -0.390 e. The topological polar surface area (TPSA) is 50.9 Å². The summed E-state index contributed by atoms with van der Waals surface area (Å²) in [6.07, 6.45) is 12.4. The van der Waals surface area contributed by atoms with Crippen molar-refractivity contribution in [1.82, 2.24) is 15.0 Å². The van der Waals surface area contributed by atoms with Crippen LogP contribution in [-0.2, 0) is 13.2 Å². The van der Waals surface area contributed by atoms with E-state index in [2.05, 4.69) is 17.2 Å². The number of hydrogen-bond donors (Lipinski definition) is 1. The number of aliphatic hydroxyl groups excluding tert-OH is 1. The Balaban J connectivity index is 1.93. The van der Waals surface area contributed by atoms with Crippen molar-refractivity contribution in [3.05, 3.63) is 11.9 Å². The van der Waals surface area contributed by atoms with Crippen LogP contribution < -0.4 is 0 Å². The highest BCUT2D eigenvalue weighted by Gasteiger charge is 1.98. The first kappa shape index (κ1) is 14.2. The standard InChI is InChI=1S/C13H25N3O/c1-2-3-4-5-6-7-8-9-10-16-11-13(12-17)14-15-16/h11,17H,2-10,12H2,1H3. The van der Waals surface area contributed by atoms with Crippen LogP contribution in [0.25, 0.3) is 0 Å². The Kier molecular flexibility index (Phi) is 7.63. The molecule has 0 aliphatic carbocycles. The Morgan fingerprint density at radius 2 is 1.71 bits per heavy atom. The van der Waals surface area contributed by atoms with E-state index in [0.717, 1.165) is 13.0 Å². The lowest BCUT2D eigenvalue weighted by atomic mass is 10.1. The van der Waals surface area contributed by atoms with Crippen molar-refractivity contribution >= 4 is 0 Å². The lowest BCUT2D eigenvalue weighted by molar-refractivity contribution is 0.276. The molecule has 0 aliphatic rings. The molecule has 0 radical (unpaired) electrons. The zero-order chi connectivity index (χ0) is 12.3. The number of aliphatic hydroxyl groups is 1. The molecule has 1 heterocycles. The molecule has 0 fully saturated rings. The van der Waals surface area contributed by atoms with Gasteiger partial charge in [-0.05, 0) is 6.42 Å². The fraction of sp³-hybridized carbons (Fsp3) is 0.846. The van der Waals surface area contributed by atoms with Gasteiger partial charge in [0.25, 0.3) is 0 Å². The van der Waals surface area contributed by atoms with Crippen LogP contribution >= 0.6 is 0 Å². The fourth-order valence-corrected chi connectivity index (χ4v) is 1.93. The van der Waals surface area contributed by atoms with Gasteiger partial charge in [0.15, 0.2) is 0 Å². The summed E-state index contributed by atoms with van der Waals surface area (Å²) in [5.74, 6) is 0. The maximum atomic E-state index is 8.85. The van der Waals surface area contributed by atoms with Crippen LogP contribution in [-0.4, -0.2) is 20.1 Å². The van der Waals surface area contributed by atoms with Gasteiger partial charge in [0.05, 0.1) is 12.8 Å². The van der Waals surface area contributed by atoms with Crippen LogP contribution in [0.1, 0.15) is 64.0 Å². The van der Waals surface area contributed by atoms with Crippen LogP contribution in [0, 0.1) is 0 Å². The van der Waals surface area contributed by atoms with Crippen LogP contribution in [0.15, 0.2) is 6.20 Å². The van der Waals surface area contributed by atoms with Gasteiger partial charge in [-0.3, -0.25) is 4.68 Å². The molecule has 1 aromatic rings. The number of rotatable bonds is 10. The predicted octanol–water partition coefficient (Wildman–Crippen LogP) is 2.91. The van der Waals surface area contributed by atoms with Crippen LogP contribution in [0.3, 0.4) is 0 Å². The second-order valence-electron chi connectivity index (χ2n) is 4.61. The molecule has 1 aromatic heterocycles. The van der Waals surface area contributed by atoms with Crippen molar-refractivity contribution < 1.29 is 5.11 Å². The molecule has 0 spiro atoms. The van der Waals surface area contributed by atoms with Gasteiger partial charge in [0.1, 0.15) is 5.69 Å². The molecule has 0 amide bonds. The fourth-order valence-electron chi connectivity index (χ4n) is 1.93. The maximum absolute atomic E-state index is 8.85. The van der Waals surface area contributed by atoms with Crippen LogP contribution in [0.4, 0.5) is 0 Å². The van der Waals surface area contributed by atoms with E-state index in [1.807, 2.05) is 10.9 Å². The van der Waals surface area contributed by atoms with Crippen LogP contribution in [0.2, 0.25) is 0 Å². The van der Waals surface area contributed by atoms with E-state index in [4.69, 9.17) is 5.11 Å². The third-order valence-corrected chi connectivity index (χ3v) is 2.99.